The van der Waals surface area contributed by atoms with Crippen LogP contribution in [0, 0.1) is 5.82 Å². The van der Waals surface area contributed by atoms with Crippen LogP contribution in [0.15, 0.2) is 24.3 Å². The van der Waals surface area contributed by atoms with Gasteiger partial charge in [-0.05, 0) is 18.6 Å². The summed E-state index contributed by atoms with van der Waals surface area (Å²) in [5, 5.41) is 19.4. The minimum absolute atomic E-state index is 0.112. The molecule has 1 aromatic carbocycles. The van der Waals surface area contributed by atoms with E-state index in [1.165, 1.54) is 18.2 Å². The fraction of sp³-hybridized carbons (Fsp3) is 0.231. The van der Waals surface area contributed by atoms with Gasteiger partial charge in [-0.25, -0.2) is 4.39 Å². The quantitative estimate of drug-likeness (QED) is 0.885. The van der Waals surface area contributed by atoms with Crippen LogP contribution in [-0.4, -0.2) is 27.2 Å². The van der Waals surface area contributed by atoms with E-state index >= 15 is 0 Å². The largest absolute Gasteiger partial charge is 0.481 e. The molecule has 0 radical (unpaired) electrons. The second kappa shape index (κ2) is 6.40. The summed E-state index contributed by atoms with van der Waals surface area (Å²) in [4.78, 5) is 22.9. The maximum atomic E-state index is 13.5. The number of carbonyl (C=O) groups is 2. The Bertz CT molecular complexity index is 674. The van der Waals surface area contributed by atoms with E-state index in [9.17, 15) is 14.0 Å². The van der Waals surface area contributed by atoms with Gasteiger partial charge in [0.25, 0.3) is 5.91 Å². The van der Waals surface area contributed by atoms with Crippen molar-refractivity contribution in [2.24, 2.45) is 0 Å². The standard InChI is InChI=1S/C13H12FN3O3S/c1-2-7(12(19)20)11-16-17-13(21-11)15-10(18)8-5-3-4-6-9(8)14/h3-7H,2H2,1H3,(H,19,20)(H,15,17,18). The molecule has 0 fully saturated rings. The fourth-order valence-electron chi connectivity index (χ4n) is 1.69. The zero-order valence-corrected chi connectivity index (χ0v) is 11.9. The molecule has 2 N–H and O–H groups in total. The molecule has 0 saturated heterocycles. The average molecular weight is 309 g/mol. The molecule has 21 heavy (non-hydrogen) atoms. The molecule has 110 valence electrons. The SMILES string of the molecule is CCC(C(=O)O)c1nnc(NC(=O)c2ccccc2F)s1. The molecule has 1 amide bonds. The van der Waals surface area contributed by atoms with Gasteiger partial charge in [0.2, 0.25) is 5.13 Å². The molecule has 6 nitrogen and oxygen atoms in total. The summed E-state index contributed by atoms with van der Waals surface area (Å²) >= 11 is 0.965. The van der Waals surface area contributed by atoms with Gasteiger partial charge in [-0.3, -0.25) is 14.9 Å². The molecule has 8 heteroatoms. The first-order chi connectivity index (χ1) is 10.0. The smallest absolute Gasteiger partial charge is 0.313 e. The molecule has 0 aliphatic heterocycles. The van der Waals surface area contributed by atoms with Gasteiger partial charge >= 0.3 is 5.97 Å². The Morgan fingerprint density at radius 2 is 2.10 bits per heavy atom. The maximum Gasteiger partial charge on any atom is 0.313 e. The molecule has 0 aliphatic rings. The van der Waals surface area contributed by atoms with Crippen molar-refractivity contribution >= 4 is 28.3 Å². The van der Waals surface area contributed by atoms with Crippen molar-refractivity contribution in [2.45, 2.75) is 19.3 Å². The summed E-state index contributed by atoms with van der Waals surface area (Å²) in [6, 6.07) is 5.55. The molecule has 2 rings (SSSR count). The van der Waals surface area contributed by atoms with E-state index in [1.54, 1.807) is 13.0 Å². The lowest BCUT2D eigenvalue weighted by atomic mass is 10.1. The molecule has 1 heterocycles. The van der Waals surface area contributed by atoms with Crippen LogP contribution in [0.3, 0.4) is 0 Å². The first-order valence-corrected chi connectivity index (χ1v) is 6.96. The van der Waals surface area contributed by atoms with Crippen LogP contribution in [-0.2, 0) is 4.79 Å². The summed E-state index contributed by atoms with van der Waals surface area (Å²) in [6.07, 6.45) is 0.366. The van der Waals surface area contributed by atoms with Gasteiger partial charge in [0.1, 0.15) is 16.7 Å². The summed E-state index contributed by atoms with van der Waals surface area (Å²) < 4.78 is 13.5. The number of carbonyl (C=O) groups excluding carboxylic acids is 1. The summed E-state index contributed by atoms with van der Waals surface area (Å²) in [5.74, 6) is -3.06. The molecule has 0 bridgehead atoms. The van der Waals surface area contributed by atoms with E-state index in [1.807, 2.05) is 0 Å². The Kier molecular flexibility index (Phi) is 4.59. The number of amides is 1. The van der Waals surface area contributed by atoms with Crippen LogP contribution in [0.25, 0.3) is 0 Å². The highest BCUT2D eigenvalue weighted by atomic mass is 32.1. The van der Waals surface area contributed by atoms with Gasteiger partial charge in [-0.1, -0.05) is 30.4 Å². The van der Waals surface area contributed by atoms with Gasteiger partial charge in [0, 0.05) is 0 Å². The molecular formula is C13H12FN3O3S. The van der Waals surface area contributed by atoms with Crippen molar-refractivity contribution in [3.8, 4) is 0 Å². The second-order valence-corrected chi connectivity index (χ2v) is 5.19. The van der Waals surface area contributed by atoms with Crippen LogP contribution in [0.1, 0.15) is 34.6 Å². The zero-order chi connectivity index (χ0) is 15.4. The number of nitrogens with zero attached hydrogens (tertiary/aromatic N) is 2. The van der Waals surface area contributed by atoms with Crippen LogP contribution in [0.4, 0.5) is 9.52 Å². The molecule has 1 aromatic heterocycles. The van der Waals surface area contributed by atoms with Gasteiger partial charge in [-0.15, -0.1) is 10.2 Å². The molecule has 0 spiro atoms. The zero-order valence-electron chi connectivity index (χ0n) is 11.0. The Morgan fingerprint density at radius 3 is 2.71 bits per heavy atom. The Labute approximate surface area is 123 Å². The maximum absolute atomic E-state index is 13.5. The van der Waals surface area contributed by atoms with Crippen LogP contribution >= 0.6 is 11.3 Å². The minimum atomic E-state index is -0.999. The Hall–Kier alpha value is -2.35. The number of benzene rings is 1. The first kappa shape index (κ1) is 15.0. The topological polar surface area (TPSA) is 92.2 Å². The number of nitrogens with one attached hydrogen (secondary N) is 1. The van der Waals surface area contributed by atoms with Crippen molar-refractivity contribution in [1.82, 2.24) is 10.2 Å². The summed E-state index contributed by atoms with van der Waals surface area (Å²) in [7, 11) is 0. The molecular weight excluding hydrogens is 297 g/mol. The number of anilines is 1. The first-order valence-electron chi connectivity index (χ1n) is 6.15. The van der Waals surface area contributed by atoms with Gasteiger partial charge < -0.3 is 5.11 Å². The van der Waals surface area contributed by atoms with Crippen molar-refractivity contribution in [1.29, 1.82) is 0 Å². The van der Waals surface area contributed by atoms with E-state index < -0.39 is 23.6 Å². The summed E-state index contributed by atoms with van der Waals surface area (Å²) in [6.45, 7) is 1.72. The van der Waals surface area contributed by atoms with Crippen LogP contribution in [0.5, 0.6) is 0 Å². The highest BCUT2D eigenvalue weighted by molar-refractivity contribution is 7.15. The lowest BCUT2D eigenvalue weighted by Crippen LogP contribution is -2.13. The molecule has 2 aromatic rings. The van der Waals surface area contributed by atoms with E-state index in [4.69, 9.17) is 5.11 Å². The second-order valence-electron chi connectivity index (χ2n) is 4.18. The van der Waals surface area contributed by atoms with E-state index in [-0.39, 0.29) is 10.7 Å². The average Bonchev–Trinajstić information content (AvgIpc) is 2.87. The molecule has 0 aliphatic carbocycles. The van der Waals surface area contributed by atoms with Crippen LogP contribution < -0.4 is 5.32 Å². The summed E-state index contributed by atoms with van der Waals surface area (Å²) in [5.41, 5.74) is -0.112. The number of aliphatic carboxylic acids is 1. The predicted octanol–water partition coefficient (Wildman–Crippen LogP) is 2.51. The van der Waals surface area contributed by atoms with Crippen LogP contribution in [0.2, 0.25) is 0 Å². The number of hydrogen-bond acceptors (Lipinski definition) is 5. The van der Waals surface area contributed by atoms with Gasteiger partial charge in [0.15, 0.2) is 0 Å². The van der Waals surface area contributed by atoms with Crippen molar-refractivity contribution in [3.63, 3.8) is 0 Å². The normalized spacial score (nSPS) is 11.9. The predicted molar refractivity (Wildman–Crippen MR) is 74.9 cm³/mol. The minimum Gasteiger partial charge on any atom is -0.481 e. The third-order valence-electron chi connectivity index (χ3n) is 2.78. The highest BCUT2D eigenvalue weighted by Gasteiger charge is 2.23. The third kappa shape index (κ3) is 3.40. The number of halogens is 1. The van der Waals surface area contributed by atoms with E-state index in [0.29, 0.717) is 11.4 Å². The number of rotatable bonds is 5. The van der Waals surface area contributed by atoms with Gasteiger partial charge in [0.05, 0.1) is 5.56 Å². The number of aromatic nitrogens is 2. The fourth-order valence-corrected chi connectivity index (χ4v) is 2.61. The van der Waals surface area contributed by atoms with E-state index in [2.05, 4.69) is 15.5 Å². The van der Waals surface area contributed by atoms with Crippen molar-refractivity contribution in [3.05, 3.63) is 40.7 Å². The van der Waals surface area contributed by atoms with Gasteiger partial charge in [-0.2, -0.15) is 0 Å². The monoisotopic (exact) mass is 309 g/mol. The molecule has 0 saturated carbocycles. The lowest BCUT2D eigenvalue weighted by molar-refractivity contribution is -0.138. The van der Waals surface area contributed by atoms with Crippen molar-refractivity contribution in [2.75, 3.05) is 5.32 Å². The van der Waals surface area contributed by atoms with E-state index in [0.717, 1.165) is 11.3 Å². The number of carboxylic acid groups (broad SMARTS) is 1. The van der Waals surface area contributed by atoms with Crippen molar-refractivity contribution < 1.29 is 19.1 Å². The third-order valence-corrected chi connectivity index (χ3v) is 3.74. The Balaban J connectivity index is 2.14. The molecule has 1 atom stereocenters. The number of carboxylic acids is 1. The lowest BCUT2D eigenvalue weighted by Gasteiger charge is -2.03. The Morgan fingerprint density at radius 1 is 1.38 bits per heavy atom. The molecule has 1 unspecified atom stereocenters. The number of hydrogen-bond donors (Lipinski definition) is 2. The highest BCUT2D eigenvalue weighted by Crippen LogP contribution is 2.26.